The van der Waals surface area contributed by atoms with Crippen molar-refractivity contribution in [3.05, 3.63) is 150 Å². The van der Waals surface area contributed by atoms with Crippen molar-refractivity contribution in [1.82, 2.24) is 14.4 Å². The Morgan fingerprint density at radius 3 is 2.19 bits per heavy atom. The normalized spacial score (nSPS) is 14.9. The van der Waals surface area contributed by atoms with Crippen LogP contribution in [-0.4, -0.2) is 53.0 Å². The van der Waals surface area contributed by atoms with Gasteiger partial charge in [-0.2, -0.15) is 0 Å². The molecule has 0 saturated carbocycles. The lowest BCUT2D eigenvalue weighted by Crippen LogP contribution is -2.48. The fraction of sp³-hybridized carbons (Fsp3) is 0.216. The zero-order chi connectivity index (χ0) is 28.7. The van der Waals surface area contributed by atoms with Gasteiger partial charge in [0.1, 0.15) is 5.82 Å². The van der Waals surface area contributed by atoms with Gasteiger partial charge >= 0.3 is 0 Å². The van der Waals surface area contributed by atoms with Crippen LogP contribution in [0.2, 0.25) is 0 Å². The van der Waals surface area contributed by atoms with Crippen LogP contribution in [0.1, 0.15) is 34.6 Å². The zero-order valence-electron chi connectivity index (χ0n) is 23.8. The van der Waals surface area contributed by atoms with Crippen molar-refractivity contribution in [2.24, 2.45) is 0 Å². The minimum absolute atomic E-state index is 0.0649. The Hall–Kier alpha value is -4.48. The molecule has 42 heavy (non-hydrogen) atoms. The molecule has 5 aromatic rings. The predicted molar refractivity (Wildman–Crippen MR) is 169 cm³/mol. The molecular formula is C37H36FN3O. The molecule has 0 radical (unpaired) electrons. The van der Waals surface area contributed by atoms with Gasteiger partial charge in [-0.1, -0.05) is 103 Å². The lowest BCUT2D eigenvalue weighted by Gasteiger charge is -2.35. The summed E-state index contributed by atoms with van der Waals surface area (Å²) in [6, 6.07) is 35.8. The summed E-state index contributed by atoms with van der Waals surface area (Å²) in [7, 11) is 0. The fourth-order valence-electron chi connectivity index (χ4n) is 5.95. The molecule has 2 heterocycles. The number of aromatic nitrogens is 1. The third-order valence-electron chi connectivity index (χ3n) is 8.24. The maximum atomic E-state index is 13.8. The summed E-state index contributed by atoms with van der Waals surface area (Å²) in [6.45, 7) is 4.75. The molecule has 1 aliphatic heterocycles. The Morgan fingerprint density at radius 2 is 1.45 bits per heavy atom. The number of benzene rings is 4. The molecule has 1 aromatic heterocycles. The van der Waals surface area contributed by atoms with Crippen LogP contribution in [0.5, 0.6) is 0 Å². The first-order chi connectivity index (χ1) is 20.6. The van der Waals surface area contributed by atoms with E-state index in [0.717, 1.165) is 60.3 Å². The van der Waals surface area contributed by atoms with Crippen LogP contribution in [0.25, 0.3) is 17.0 Å². The summed E-state index contributed by atoms with van der Waals surface area (Å²) in [4.78, 5) is 18.2. The van der Waals surface area contributed by atoms with Crippen molar-refractivity contribution in [3.8, 4) is 0 Å². The monoisotopic (exact) mass is 557 g/mol. The summed E-state index contributed by atoms with van der Waals surface area (Å²) >= 11 is 0. The molecule has 1 aliphatic rings. The zero-order valence-corrected chi connectivity index (χ0v) is 23.8. The molecule has 1 atom stereocenters. The van der Waals surface area contributed by atoms with Gasteiger partial charge in [0.05, 0.1) is 0 Å². The number of rotatable bonds is 9. The number of para-hydroxylation sites is 1. The van der Waals surface area contributed by atoms with Gasteiger partial charge in [-0.05, 0) is 40.5 Å². The third kappa shape index (κ3) is 6.53. The average Bonchev–Trinajstić information content (AvgIpc) is 3.40. The Kier molecular flexibility index (Phi) is 8.57. The highest BCUT2D eigenvalue weighted by Gasteiger charge is 2.27. The van der Waals surface area contributed by atoms with Crippen molar-refractivity contribution >= 4 is 22.9 Å². The molecule has 0 bridgehead atoms. The standard InChI is InChI=1S/C37H36FN3O/c38-32-19-17-30(18-20-32)27-41-28-35(33-15-7-8-16-36(33)41)34(31-13-5-2-6-14-31)26-37(42)40-24-22-39(23-25-40)21-9-12-29-10-3-1-4-11-29/h1-20,28,34H,21-27H2. The minimum atomic E-state index is -0.232. The number of piperazine rings is 1. The summed E-state index contributed by atoms with van der Waals surface area (Å²) in [5, 5.41) is 1.15. The smallest absolute Gasteiger partial charge is 0.223 e. The summed E-state index contributed by atoms with van der Waals surface area (Å²) in [5.74, 6) is -0.104. The van der Waals surface area contributed by atoms with E-state index >= 15 is 0 Å². The first-order valence-electron chi connectivity index (χ1n) is 14.7. The van der Waals surface area contributed by atoms with Gasteiger partial charge in [0.15, 0.2) is 0 Å². The number of carbonyl (C=O) groups excluding carboxylic acids is 1. The van der Waals surface area contributed by atoms with Gasteiger partial charge < -0.3 is 9.47 Å². The van der Waals surface area contributed by atoms with Crippen LogP contribution in [-0.2, 0) is 11.3 Å². The first kappa shape index (κ1) is 27.7. The maximum absolute atomic E-state index is 13.8. The number of halogens is 1. The number of hydrogen-bond acceptors (Lipinski definition) is 2. The second-order valence-electron chi connectivity index (χ2n) is 11.0. The van der Waals surface area contributed by atoms with E-state index in [4.69, 9.17) is 0 Å². The average molecular weight is 558 g/mol. The molecule has 0 spiro atoms. The number of fused-ring (bicyclic) bond motifs is 1. The molecule has 1 unspecified atom stereocenters. The van der Waals surface area contributed by atoms with E-state index in [2.05, 4.69) is 82.4 Å². The number of nitrogens with zero attached hydrogens (tertiary/aromatic N) is 3. The van der Waals surface area contributed by atoms with Gasteiger partial charge in [0.25, 0.3) is 0 Å². The van der Waals surface area contributed by atoms with Crippen molar-refractivity contribution in [2.75, 3.05) is 32.7 Å². The Balaban J connectivity index is 1.19. The van der Waals surface area contributed by atoms with E-state index < -0.39 is 0 Å². The van der Waals surface area contributed by atoms with Crippen molar-refractivity contribution in [3.63, 3.8) is 0 Å². The lowest BCUT2D eigenvalue weighted by molar-refractivity contribution is -0.133. The molecule has 1 saturated heterocycles. The van der Waals surface area contributed by atoms with Crippen molar-refractivity contribution < 1.29 is 9.18 Å². The third-order valence-corrected chi connectivity index (χ3v) is 8.24. The van der Waals surface area contributed by atoms with E-state index in [0.29, 0.717) is 13.0 Å². The number of hydrogen-bond donors (Lipinski definition) is 0. The topological polar surface area (TPSA) is 28.5 Å². The quantitative estimate of drug-likeness (QED) is 0.192. The van der Waals surface area contributed by atoms with Crippen LogP contribution >= 0.6 is 0 Å². The van der Waals surface area contributed by atoms with E-state index in [9.17, 15) is 9.18 Å². The minimum Gasteiger partial charge on any atom is -0.343 e. The largest absolute Gasteiger partial charge is 0.343 e. The van der Waals surface area contributed by atoms with Crippen LogP contribution in [0, 0.1) is 5.82 Å². The molecule has 4 nitrogen and oxygen atoms in total. The summed E-state index contributed by atoms with van der Waals surface area (Å²) in [5.41, 5.74) is 5.64. The Morgan fingerprint density at radius 1 is 0.786 bits per heavy atom. The van der Waals surface area contributed by atoms with Gasteiger partial charge in [-0.25, -0.2) is 4.39 Å². The fourth-order valence-corrected chi connectivity index (χ4v) is 5.95. The second-order valence-corrected chi connectivity index (χ2v) is 11.0. The van der Waals surface area contributed by atoms with Crippen LogP contribution in [0.4, 0.5) is 4.39 Å². The molecule has 6 rings (SSSR count). The highest BCUT2D eigenvalue weighted by molar-refractivity contribution is 5.87. The van der Waals surface area contributed by atoms with Gasteiger partial charge in [-0.15, -0.1) is 0 Å². The molecular weight excluding hydrogens is 521 g/mol. The molecule has 0 N–H and O–H groups in total. The summed E-state index contributed by atoms with van der Waals surface area (Å²) in [6.07, 6.45) is 6.98. The van der Waals surface area contributed by atoms with E-state index in [1.807, 2.05) is 47.4 Å². The van der Waals surface area contributed by atoms with Crippen molar-refractivity contribution in [1.29, 1.82) is 0 Å². The predicted octanol–water partition coefficient (Wildman–Crippen LogP) is 7.21. The maximum Gasteiger partial charge on any atom is 0.223 e. The SMILES string of the molecule is O=C(CC(c1ccccc1)c1cn(Cc2ccc(F)cc2)c2ccccc12)N1CCN(CC=Cc2ccccc2)CC1. The van der Waals surface area contributed by atoms with Gasteiger partial charge in [0, 0.05) is 68.7 Å². The van der Waals surface area contributed by atoms with Crippen LogP contribution < -0.4 is 0 Å². The molecule has 4 aromatic carbocycles. The van der Waals surface area contributed by atoms with Crippen molar-refractivity contribution in [2.45, 2.75) is 18.9 Å². The lowest BCUT2D eigenvalue weighted by atomic mass is 9.87. The molecule has 1 amide bonds. The molecule has 212 valence electrons. The molecule has 1 fully saturated rings. The summed E-state index contributed by atoms with van der Waals surface area (Å²) < 4.78 is 15.8. The first-order valence-corrected chi connectivity index (χ1v) is 14.7. The van der Waals surface area contributed by atoms with E-state index in [-0.39, 0.29) is 17.6 Å². The number of amides is 1. The highest BCUT2D eigenvalue weighted by Crippen LogP contribution is 2.35. The van der Waals surface area contributed by atoms with Gasteiger partial charge in [0.2, 0.25) is 5.91 Å². The Labute approximate surface area is 247 Å². The molecule has 5 heteroatoms. The van der Waals surface area contributed by atoms with E-state index in [1.54, 1.807) is 0 Å². The number of carbonyl (C=O) groups is 1. The molecule has 0 aliphatic carbocycles. The second kappa shape index (κ2) is 13.0. The van der Waals surface area contributed by atoms with E-state index in [1.165, 1.54) is 17.7 Å². The van der Waals surface area contributed by atoms with Crippen LogP contribution in [0.3, 0.4) is 0 Å². The highest BCUT2D eigenvalue weighted by atomic mass is 19.1. The van der Waals surface area contributed by atoms with Crippen LogP contribution in [0.15, 0.2) is 121 Å². The van der Waals surface area contributed by atoms with Gasteiger partial charge in [-0.3, -0.25) is 9.69 Å². The Bertz CT molecular complexity index is 1640.